The first kappa shape index (κ1) is 23.9. The van der Waals surface area contributed by atoms with Gasteiger partial charge in [0.25, 0.3) is 0 Å². The summed E-state index contributed by atoms with van der Waals surface area (Å²) in [6.07, 6.45) is -3.47. The van der Waals surface area contributed by atoms with Gasteiger partial charge in [-0.1, -0.05) is 24.3 Å². The number of nitrogens with one attached hydrogen (secondary N) is 1. The Hall–Kier alpha value is -2.78. The Labute approximate surface area is 186 Å². The van der Waals surface area contributed by atoms with E-state index in [1.54, 1.807) is 13.2 Å². The van der Waals surface area contributed by atoms with Crippen LogP contribution in [0.3, 0.4) is 0 Å². The van der Waals surface area contributed by atoms with Gasteiger partial charge in [-0.2, -0.15) is 13.2 Å². The summed E-state index contributed by atoms with van der Waals surface area (Å²) in [6, 6.07) is 13.3. The zero-order chi connectivity index (χ0) is 23.0. The smallest absolute Gasteiger partial charge is 0.380 e. The number of nitrogens with two attached hydrogens (primary N) is 1. The fourth-order valence-corrected chi connectivity index (χ4v) is 3.70. The molecule has 0 spiro atoms. The molecule has 0 unspecified atom stereocenters. The van der Waals surface area contributed by atoms with Crippen molar-refractivity contribution in [3.8, 4) is 0 Å². The number of hydrogen-bond donors (Lipinski definition) is 2. The molecule has 0 aliphatic carbocycles. The number of benzene rings is 2. The van der Waals surface area contributed by atoms with Crippen molar-refractivity contribution in [3.63, 3.8) is 0 Å². The molecule has 6 nitrogen and oxygen atoms in total. The second kappa shape index (κ2) is 11.2. The number of halogens is 3. The highest BCUT2D eigenvalue weighted by Gasteiger charge is 2.31. The Bertz CT molecular complexity index is 895. The molecule has 2 aromatic carbocycles. The van der Waals surface area contributed by atoms with Crippen LogP contribution in [-0.2, 0) is 17.5 Å². The maximum atomic E-state index is 12.9. The molecule has 0 bridgehead atoms. The fraction of sp³-hybridized carbons (Fsp3) is 0.435. The minimum atomic E-state index is -4.32. The number of alkyl halides is 3. The zero-order valence-electron chi connectivity index (χ0n) is 18.2. The number of nitrogens with zero attached hydrogens (tertiary/aromatic N) is 3. The van der Waals surface area contributed by atoms with Crippen LogP contribution in [0.4, 0.5) is 24.5 Å². The Balaban J connectivity index is 1.41. The molecule has 1 fully saturated rings. The summed E-state index contributed by atoms with van der Waals surface area (Å²) >= 11 is 0. The minimum Gasteiger partial charge on any atom is -0.380 e. The number of hydrogen-bond acceptors (Lipinski definition) is 4. The molecule has 0 saturated carbocycles. The van der Waals surface area contributed by atoms with Crippen LogP contribution in [0, 0.1) is 0 Å². The summed E-state index contributed by atoms with van der Waals surface area (Å²) in [6.45, 7) is 4.96. The summed E-state index contributed by atoms with van der Waals surface area (Å²) in [5.41, 5.74) is 7.91. The number of anilines is 2. The van der Waals surface area contributed by atoms with Crippen LogP contribution < -0.4 is 16.0 Å². The van der Waals surface area contributed by atoms with Crippen LogP contribution in [0.25, 0.3) is 0 Å². The van der Waals surface area contributed by atoms with Gasteiger partial charge in [-0.3, -0.25) is 9.89 Å². The zero-order valence-corrected chi connectivity index (χ0v) is 18.2. The van der Waals surface area contributed by atoms with E-state index in [1.807, 2.05) is 29.2 Å². The van der Waals surface area contributed by atoms with Crippen molar-refractivity contribution in [1.29, 1.82) is 0 Å². The monoisotopic (exact) mass is 449 g/mol. The fourth-order valence-electron chi connectivity index (χ4n) is 3.70. The van der Waals surface area contributed by atoms with Crippen LogP contribution in [0.5, 0.6) is 0 Å². The quantitative estimate of drug-likeness (QED) is 0.365. The Morgan fingerprint density at radius 3 is 2.56 bits per heavy atom. The molecule has 32 heavy (non-hydrogen) atoms. The van der Waals surface area contributed by atoms with E-state index in [4.69, 9.17) is 10.5 Å². The van der Waals surface area contributed by atoms with Gasteiger partial charge < -0.3 is 20.7 Å². The van der Waals surface area contributed by atoms with Crippen molar-refractivity contribution >= 4 is 17.3 Å². The van der Waals surface area contributed by atoms with Crippen LogP contribution in [0.1, 0.15) is 17.5 Å². The third-order valence-corrected chi connectivity index (χ3v) is 5.41. The molecule has 1 aliphatic heterocycles. The molecular weight excluding hydrogens is 419 g/mol. The third kappa shape index (κ3) is 6.86. The number of methoxy groups -OCH3 is 1. The number of para-hydroxylation sites is 1. The maximum absolute atomic E-state index is 12.9. The minimum absolute atomic E-state index is 0.364. The summed E-state index contributed by atoms with van der Waals surface area (Å²) in [5, 5.41) is 3.12. The van der Waals surface area contributed by atoms with Crippen molar-refractivity contribution in [2.75, 3.05) is 56.6 Å². The lowest BCUT2D eigenvalue weighted by atomic mass is 10.1. The average Bonchev–Trinajstić information content (AvgIpc) is 2.78. The van der Waals surface area contributed by atoms with Crippen molar-refractivity contribution in [2.24, 2.45) is 10.7 Å². The number of rotatable bonds is 8. The van der Waals surface area contributed by atoms with E-state index in [9.17, 15) is 13.2 Å². The van der Waals surface area contributed by atoms with Gasteiger partial charge in [-0.15, -0.1) is 0 Å². The van der Waals surface area contributed by atoms with E-state index in [0.717, 1.165) is 43.4 Å². The lowest BCUT2D eigenvalue weighted by molar-refractivity contribution is -0.137. The number of piperazine rings is 1. The first-order valence-corrected chi connectivity index (χ1v) is 10.6. The van der Waals surface area contributed by atoms with Crippen molar-refractivity contribution in [2.45, 2.75) is 19.2 Å². The molecule has 9 heteroatoms. The summed E-state index contributed by atoms with van der Waals surface area (Å²) in [4.78, 5) is 8.71. The molecule has 0 amide bonds. The molecule has 174 valence electrons. The third-order valence-electron chi connectivity index (χ3n) is 5.41. The van der Waals surface area contributed by atoms with Crippen molar-refractivity contribution in [1.82, 2.24) is 4.90 Å². The Kier molecular flexibility index (Phi) is 8.35. The molecule has 1 heterocycles. The molecule has 1 aliphatic rings. The van der Waals surface area contributed by atoms with Gasteiger partial charge in [0.15, 0.2) is 5.96 Å². The number of ether oxygens (including phenoxy) is 1. The van der Waals surface area contributed by atoms with Crippen molar-refractivity contribution in [3.05, 3.63) is 59.7 Å². The van der Waals surface area contributed by atoms with Gasteiger partial charge in [0, 0.05) is 63.3 Å². The van der Waals surface area contributed by atoms with E-state index in [-0.39, 0.29) is 0 Å². The Morgan fingerprint density at radius 2 is 1.84 bits per heavy atom. The van der Waals surface area contributed by atoms with Crippen LogP contribution in [0.2, 0.25) is 0 Å². The SMILES string of the molecule is COCc1ccccc1NC(N)=NCCCN1CCN(c2cccc(C(F)(F)F)c2)CC1. The lowest BCUT2D eigenvalue weighted by Gasteiger charge is -2.36. The molecule has 0 atom stereocenters. The second-order valence-corrected chi connectivity index (χ2v) is 7.71. The predicted molar refractivity (Wildman–Crippen MR) is 122 cm³/mol. The molecule has 3 N–H and O–H groups in total. The molecule has 1 saturated heterocycles. The molecule has 0 radical (unpaired) electrons. The topological polar surface area (TPSA) is 66.1 Å². The van der Waals surface area contributed by atoms with E-state index in [2.05, 4.69) is 15.2 Å². The van der Waals surface area contributed by atoms with E-state index in [0.29, 0.717) is 37.9 Å². The van der Waals surface area contributed by atoms with Gasteiger partial charge in [-0.05, 0) is 30.7 Å². The van der Waals surface area contributed by atoms with Gasteiger partial charge in [0.05, 0.1) is 12.2 Å². The summed E-state index contributed by atoms with van der Waals surface area (Å²) in [5.74, 6) is 0.364. The normalized spacial score (nSPS) is 15.8. The summed E-state index contributed by atoms with van der Waals surface area (Å²) < 4.78 is 44.0. The average molecular weight is 450 g/mol. The number of guanidine groups is 1. The van der Waals surface area contributed by atoms with Crippen molar-refractivity contribution < 1.29 is 17.9 Å². The van der Waals surface area contributed by atoms with Gasteiger partial charge in [0.1, 0.15) is 0 Å². The first-order chi connectivity index (χ1) is 15.4. The molecule has 3 rings (SSSR count). The standard InChI is InChI=1S/C23H30F3N5O/c1-32-17-18-6-2-3-9-21(18)29-22(27)28-10-5-11-30-12-14-31(15-13-30)20-8-4-7-19(16-20)23(24,25)26/h2-4,6-9,16H,5,10-15,17H2,1H3,(H3,27,28,29). The van der Waals surface area contributed by atoms with Crippen LogP contribution in [-0.4, -0.2) is 57.2 Å². The highest BCUT2D eigenvalue weighted by molar-refractivity contribution is 5.92. The first-order valence-electron chi connectivity index (χ1n) is 10.6. The molecular formula is C23H30F3N5O. The van der Waals surface area contributed by atoms with Crippen LogP contribution in [0.15, 0.2) is 53.5 Å². The maximum Gasteiger partial charge on any atom is 0.416 e. The van der Waals surface area contributed by atoms with E-state index in [1.165, 1.54) is 12.1 Å². The van der Waals surface area contributed by atoms with E-state index >= 15 is 0 Å². The Morgan fingerprint density at radius 1 is 1.09 bits per heavy atom. The predicted octanol–water partition coefficient (Wildman–Crippen LogP) is 3.79. The largest absolute Gasteiger partial charge is 0.416 e. The summed E-state index contributed by atoms with van der Waals surface area (Å²) in [7, 11) is 1.65. The highest BCUT2D eigenvalue weighted by Crippen LogP contribution is 2.31. The molecule has 2 aromatic rings. The van der Waals surface area contributed by atoms with Gasteiger partial charge >= 0.3 is 6.18 Å². The molecule has 0 aromatic heterocycles. The lowest BCUT2D eigenvalue weighted by Crippen LogP contribution is -2.46. The van der Waals surface area contributed by atoms with Crippen LogP contribution >= 0.6 is 0 Å². The van der Waals surface area contributed by atoms with Gasteiger partial charge in [0.2, 0.25) is 0 Å². The van der Waals surface area contributed by atoms with E-state index < -0.39 is 11.7 Å². The number of aliphatic imine (C=N–C) groups is 1. The van der Waals surface area contributed by atoms with Gasteiger partial charge in [-0.25, -0.2) is 0 Å². The second-order valence-electron chi connectivity index (χ2n) is 7.71. The highest BCUT2D eigenvalue weighted by atomic mass is 19.4.